The summed E-state index contributed by atoms with van der Waals surface area (Å²) in [5.74, 6) is 1.74. The first kappa shape index (κ1) is 28.5. The Balaban J connectivity index is 1.15. The van der Waals surface area contributed by atoms with Crippen molar-refractivity contribution in [2.24, 2.45) is 0 Å². The summed E-state index contributed by atoms with van der Waals surface area (Å²) in [5, 5.41) is 4.42. The zero-order valence-corrected chi connectivity index (χ0v) is 27.6. The fraction of sp³-hybridized carbons (Fsp3) is 0.0667. The molecule has 0 fully saturated rings. The molecule has 5 nitrogen and oxygen atoms in total. The van der Waals surface area contributed by atoms with Gasteiger partial charge in [0.1, 0.15) is 16.9 Å². The van der Waals surface area contributed by atoms with Gasteiger partial charge in [-0.15, -0.1) is 0 Å². The van der Waals surface area contributed by atoms with Crippen LogP contribution in [-0.2, 0) is 5.41 Å². The van der Waals surface area contributed by atoms with Crippen LogP contribution < -0.4 is 0 Å². The van der Waals surface area contributed by atoms with Crippen LogP contribution >= 0.6 is 0 Å². The monoisotopic (exact) mass is 642 g/mol. The molecule has 0 N–H and O–H groups in total. The first-order valence-electron chi connectivity index (χ1n) is 16.9. The normalized spacial score (nSPS) is 13.2. The van der Waals surface area contributed by atoms with Crippen molar-refractivity contribution in [3.05, 3.63) is 157 Å². The second-order valence-corrected chi connectivity index (χ2v) is 13.4. The molecule has 0 radical (unpaired) electrons. The van der Waals surface area contributed by atoms with Gasteiger partial charge in [-0.2, -0.15) is 0 Å². The predicted molar refractivity (Wildman–Crippen MR) is 202 cm³/mol. The SMILES string of the molecule is CC1(C)c2ccccc2-c2nc(-c3nc(-c4ccccc4)nc(-c4ccc(-c5cccc6c5oc5ccccc56)cc4)n3)c3ccccc3c21. The molecule has 1 aliphatic rings. The van der Waals surface area contributed by atoms with Crippen molar-refractivity contribution in [2.45, 2.75) is 19.3 Å². The summed E-state index contributed by atoms with van der Waals surface area (Å²) in [5.41, 5.74) is 10.9. The predicted octanol–water partition coefficient (Wildman–Crippen LogP) is 11.3. The quantitative estimate of drug-likeness (QED) is 0.191. The van der Waals surface area contributed by atoms with E-state index in [-0.39, 0.29) is 5.41 Å². The van der Waals surface area contributed by atoms with E-state index in [2.05, 4.69) is 111 Å². The Morgan fingerprint density at radius 3 is 1.80 bits per heavy atom. The molecule has 1 aliphatic carbocycles. The van der Waals surface area contributed by atoms with Crippen LogP contribution in [0.3, 0.4) is 0 Å². The van der Waals surface area contributed by atoms with Gasteiger partial charge in [-0.05, 0) is 28.1 Å². The molecule has 0 atom stereocenters. The number of benzene rings is 6. The fourth-order valence-electron chi connectivity index (χ4n) is 7.73. The third-order valence-electron chi connectivity index (χ3n) is 10.1. The number of hydrogen-bond donors (Lipinski definition) is 0. The van der Waals surface area contributed by atoms with E-state index in [0.717, 1.165) is 66.5 Å². The lowest BCUT2D eigenvalue weighted by atomic mass is 9.80. The van der Waals surface area contributed by atoms with Crippen LogP contribution in [0.15, 0.2) is 150 Å². The van der Waals surface area contributed by atoms with E-state index in [1.807, 2.05) is 48.5 Å². The zero-order valence-electron chi connectivity index (χ0n) is 27.6. The first-order valence-corrected chi connectivity index (χ1v) is 16.9. The van der Waals surface area contributed by atoms with Crippen molar-refractivity contribution in [3.8, 4) is 56.7 Å². The average molecular weight is 643 g/mol. The number of para-hydroxylation sites is 2. The summed E-state index contributed by atoms with van der Waals surface area (Å²) in [4.78, 5) is 20.7. The summed E-state index contributed by atoms with van der Waals surface area (Å²) in [6.45, 7) is 4.58. The van der Waals surface area contributed by atoms with Crippen molar-refractivity contribution in [2.75, 3.05) is 0 Å². The minimum atomic E-state index is -0.190. The molecule has 0 spiro atoms. The Bertz CT molecular complexity index is 2780. The van der Waals surface area contributed by atoms with Gasteiger partial charge in [0, 0.05) is 43.8 Å². The molecule has 5 heteroatoms. The van der Waals surface area contributed by atoms with E-state index in [9.17, 15) is 0 Å². The highest BCUT2D eigenvalue weighted by atomic mass is 16.3. The molecule has 9 aromatic rings. The molecule has 6 aromatic carbocycles. The lowest BCUT2D eigenvalue weighted by molar-refractivity contribution is 0.665. The molecule has 0 unspecified atom stereocenters. The molecule has 236 valence electrons. The van der Waals surface area contributed by atoms with Gasteiger partial charge in [0.15, 0.2) is 17.5 Å². The highest BCUT2D eigenvalue weighted by Gasteiger charge is 2.38. The Labute approximate surface area is 289 Å². The summed E-state index contributed by atoms with van der Waals surface area (Å²) >= 11 is 0. The molecule has 0 aliphatic heterocycles. The van der Waals surface area contributed by atoms with E-state index in [4.69, 9.17) is 24.4 Å². The van der Waals surface area contributed by atoms with Crippen molar-refractivity contribution in [3.63, 3.8) is 0 Å². The third-order valence-corrected chi connectivity index (χ3v) is 10.1. The number of pyridine rings is 1. The maximum atomic E-state index is 6.34. The summed E-state index contributed by atoms with van der Waals surface area (Å²) in [7, 11) is 0. The van der Waals surface area contributed by atoms with Crippen LogP contribution in [0.1, 0.15) is 25.0 Å². The van der Waals surface area contributed by atoms with Gasteiger partial charge in [-0.1, -0.05) is 153 Å². The van der Waals surface area contributed by atoms with Crippen LogP contribution in [0.2, 0.25) is 0 Å². The number of hydrogen-bond acceptors (Lipinski definition) is 5. The van der Waals surface area contributed by atoms with Gasteiger partial charge in [-0.3, -0.25) is 0 Å². The van der Waals surface area contributed by atoms with Crippen molar-refractivity contribution < 1.29 is 4.42 Å². The second-order valence-electron chi connectivity index (χ2n) is 13.4. The lowest BCUT2D eigenvalue weighted by Gasteiger charge is -2.23. The largest absolute Gasteiger partial charge is 0.455 e. The lowest BCUT2D eigenvalue weighted by Crippen LogP contribution is -2.16. The van der Waals surface area contributed by atoms with E-state index < -0.39 is 0 Å². The summed E-state index contributed by atoms with van der Waals surface area (Å²) < 4.78 is 6.34. The van der Waals surface area contributed by atoms with E-state index >= 15 is 0 Å². The smallest absolute Gasteiger partial charge is 0.183 e. The number of nitrogens with zero attached hydrogens (tertiary/aromatic N) is 4. The van der Waals surface area contributed by atoms with E-state index in [1.165, 1.54) is 16.5 Å². The van der Waals surface area contributed by atoms with E-state index in [1.54, 1.807) is 0 Å². The molecule has 0 saturated heterocycles. The third kappa shape index (κ3) is 4.26. The van der Waals surface area contributed by atoms with Crippen LogP contribution in [0.5, 0.6) is 0 Å². The van der Waals surface area contributed by atoms with Gasteiger partial charge in [0.2, 0.25) is 0 Å². The zero-order chi connectivity index (χ0) is 33.4. The minimum Gasteiger partial charge on any atom is -0.455 e. The molecule has 0 bridgehead atoms. The molecular weight excluding hydrogens is 613 g/mol. The average Bonchev–Trinajstić information content (AvgIpc) is 3.67. The second kappa shape index (κ2) is 10.8. The number of furan rings is 1. The molecular formula is C45H30N4O. The molecule has 10 rings (SSSR count). The van der Waals surface area contributed by atoms with E-state index in [0.29, 0.717) is 17.5 Å². The van der Waals surface area contributed by atoms with Gasteiger partial charge in [0.25, 0.3) is 0 Å². The topological polar surface area (TPSA) is 64.7 Å². The summed E-state index contributed by atoms with van der Waals surface area (Å²) in [6.07, 6.45) is 0. The fourth-order valence-corrected chi connectivity index (χ4v) is 7.73. The molecule has 0 amide bonds. The maximum absolute atomic E-state index is 6.34. The van der Waals surface area contributed by atoms with Gasteiger partial charge >= 0.3 is 0 Å². The standard InChI is InChI=1S/C45H30N4O/c1-45(2)36-21-10-8-18-35(36)39-38(45)32-16-6-7-17-33(32)40(46-39)44-48-42(28-13-4-3-5-14-28)47-43(49-44)29-25-23-27(24-26-29)30-19-12-20-34-31-15-9-11-22-37(31)50-41(30)34/h3-26H,1-2H3. The van der Waals surface area contributed by atoms with Crippen molar-refractivity contribution in [1.29, 1.82) is 0 Å². The van der Waals surface area contributed by atoms with Crippen molar-refractivity contribution in [1.82, 2.24) is 19.9 Å². The van der Waals surface area contributed by atoms with Crippen LogP contribution in [0, 0.1) is 0 Å². The number of rotatable bonds is 4. The van der Waals surface area contributed by atoms with Gasteiger partial charge in [-0.25, -0.2) is 19.9 Å². The van der Waals surface area contributed by atoms with Crippen LogP contribution in [0.25, 0.3) is 89.4 Å². The van der Waals surface area contributed by atoms with Crippen molar-refractivity contribution >= 4 is 32.7 Å². The molecule has 3 aromatic heterocycles. The van der Waals surface area contributed by atoms with Crippen LogP contribution in [-0.4, -0.2) is 19.9 Å². The minimum absolute atomic E-state index is 0.190. The Morgan fingerprint density at radius 2 is 1.00 bits per heavy atom. The Kier molecular flexibility index (Phi) is 6.15. The highest BCUT2D eigenvalue weighted by Crippen LogP contribution is 2.51. The van der Waals surface area contributed by atoms with Gasteiger partial charge in [0.05, 0.1) is 5.69 Å². The molecule has 0 saturated carbocycles. The number of fused-ring (bicyclic) bond motifs is 8. The summed E-state index contributed by atoms with van der Waals surface area (Å²) in [6, 6.07) is 50.1. The Morgan fingerprint density at radius 1 is 0.420 bits per heavy atom. The molecule has 3 heterocycles. The highest BCUT2D eigenvalue weighted by molar-refractivity contribution is 6.09. The Hall–Kier alpha value is -6.46. The number of aromatic nitrogens is 4. The maximum Gasteiger partial charge on any atom is 0.183 e. The molecule has 50 heavy (non-hydrogen) atoms. The van der Waals surface area contributed by atoms with Gasteiger partial charge < -0.3 is 4.42 Å². The first-order chi connectivity index (χ1) is 24.5. The van der Waals surface area contributed by atoms with Crippen LogP contribution in [0.4, 0.5) is 0 Å².